The van der Waals surface area contributed by atoms with Crippen LogP contribution in [-0.4, -0.2) is 121 Å². The number of sulfonamides is 1. The number of hydrogen-bond donors (Lipinski definition) is 1. The number of nitro groups is 1. The van der Waals surface area contributed by atoms with Crippen LogP contribution < -0.4 is 4.72 Å². The monoisotopic (exact) mass is 678 g/mol. The van der Waals surface area contributed by atoms with Crippen molar-refractivity contribution in [2.45, 2.75) is 94.0 Å². The number of ether oxygens (including phenoxy) is 9. The quantitative estimate of drug-likeness (QED) is 0.127. The Morgan fingerprint density at radius 3 is 1.83 bits per heavy atom. The molecular weight excluding hydrogens is 640 g/mol. The van der Waals surface area contributed by atoms with E-state index in [-0.39, 0.29) is 10.6 Å². The molecule has 2 heterocycles. The van der Waals surface area contributed by atoms with Crippen LogP contribution in [0.5, 0.6) is 0 Å². The second-order valence-corrected chi connectivity index (χ2v) is 12.1. The van der Waals surface area contributed by atoms with Crippen LogP contribution in [0.3, 0.4) is 0 Å². The molecule has 0 saturated carbocycles. The summed E-state index contributed by atoms with van der Waals surface area (Å²) in [6, 6.07) is 4.23. The number of hydrogen-bond acceptors (Lipinski definition) is 16. The van der Waals surface area contributed by atoms with E-state index in [9.17, 15) is 32.9 Å². The second kappa shape index (κ2) is 16.0. The van der Waals surface area contributed by atoms with Crippen LogP contribution in [0.2, 0.25) is 0 Å². The zero-order valence-corrected chi connectivity index (χ0v) is 27.0. The Labute approximate surface area is 265 Å². The molecule has 10 atom stereocenters. The van der Waals surface area contributed by atoms with Crippen molar-refractivity contribution in [3.63, 3.8) is 0 Å². The summed E-state index contributed by atoms with van der Waals surface area (Å²) in [5.74, 6) is -2.29. The van der Waals surface area contributed by atoms with Crippen molar-refractivity contribution in [1.29, 1.82) is 0 Å². The van der Waals surface area contributed by atoms with Crippen LogP contribution >= 0.6 is 0 Å². The smallest absolute Gasteiger partial charge is 0.303 e. The lowest BCUT2D eigenvalue weighted by Gasteiger charge is -2.48. The summed E-state index contributed by atoms with van der Waals surface area (Å²) in [5, 5.41) is 11.0. The Kier molecular flexibility index (Phi) is 12.9. The molecule has 0 unspecified atom stereocenters. The van der Waals surface area contributed by atoms with Gasteiger partial charge in [0.05, 0.1) is 15.9 Å². The maximum atomic E-state index is 13.1. The molecule has 1 aromatic carbocycles. The number of nitro benzene ring substituents is 1. The van der Waals surface area contributed by atoms with Crippen LogP contribution in [0.1, 0.15) is 27.7 Å². The van der Waals surface area contributed by atoms with E-state index in [0.717, 1.165) is 45.0 Å². The molecule has 1 N–H and O–H groups in total. The van der Waals surface area contributed by atoms with Gasteiger partial charge in [-0.1, -0.05) is 0 Å². The van der Waals surface area contributed by atoms with Crippen LogP contribution in [0.15, 0.2) is 29.2 Å². The molecule has 0 amide bonds. The van der Waals surface area contributed by atoms with Gasteiger partial charge in [0.15, 0.2) is 30.9 Å². The first kappa shape index (κ1) is 37.2. The highest BCUT2D eigenvalue weighted by atomic mass is 32.2. The minimum absolute atomic E-state index is 0.257. The fourth-order valence-electron chi connectivity index (χ4n) is 5.17. The molecule has 0 aromatic heterocycles. The number of non-ortho nitro benzene ring substituents is 1. The van der Waals surface area contributed by atoms with Gasteiger partial charge in [-0.15, -0.1) is 0 Å². The molecule has 0 spiro atoms. The third-order valence-corrected chi connectivity index (χ3v) is 8.56. The van der Waals surface area contributed by atoms with Gasteiger partial charge < -0.3 is 42.6 Å². The number of nitrogens with zero attached hydrogens (tertiary/aromatic N) is 1. The van der Waals surface area contributed by atoms with Crippen molar-refractivity contribution in [1.82, 2.24) is 4.72 Å². The third kappa shape index (κ3) is 8.94. The highest BCUT2D eigenvalue weighted by Crippen LogP contribution is 2.34. The van der Waals surface area contributed by atoms with E-state index >= 15 is 0 Å². The van der Waals surface area contributed by atoms with Gasteiger partial charge in [0, 0.05) is 60.8 Å². The van der Waals surface area contributed by atoms with Gasteiger partial charge in [-0.3, -0.25) is 24.5 Å². The van der Waals surface area contributed by atoms with Gasteiger partial charge in [0.1, 0.15) is 24.4 Å². The van der Waals surface area contributed by atoms with Crippen molar-refractivity contribution in [2.24, 2.45) is 0 Å². The molecule has 0 bridgehead atoms. The molecule has 2 aliphatic rings. The Morgan fingerprint density at radius 1 is 0.783 bits per heavy atom. The molecule has 0 radical (unpaired) electrons. The van der Waals surface area contributed by atoms with Crippen molar-refractivity contribution in [3.8, 4) is 0 Å². The SMILES string of the molecule is CO[C@H]1O[C@H](CNS(=O)(=O)c2ccc([N+](=O)[O-])cc2)[C@H](O[C@@H]2O[C@@H](C)[C@H](OC(C)=O)[C@@H](OC(C)=O)[C@H]2OC(C)=O)[C@H](OC)[C@H]1OC. The summed E-state index contributed by atoms with van der Waals surface area (Å²) in [7, 11) is -0.187. The van der Waals surface area contributed by atoms with E-state index < -0.39 is 101 Å². The lowest BCUT2D eigenvalue weighted by molar-refractivity contribution is -0.384. The molecule has 46 heavy (non-hydrogen) atoms. The molecule has 18 nitrogen and oxygen atoms in total. The Balaban J connectivity index is 1.98. The Hall–Kier alpha value is -3.30. The van der Waals surface area contributed by atoms with Crippen LogP contribution in [0.4, 0.5) is 5.69 Å². The van der Waals surface area contributed by atoms with E-state index in [0.29, 0.717) is 0 Å². The minimum atomic E-state index is -4.23. The number of methoxy groups -OCH3 is 3. The summed E-state index contributed by atoms with van der Waals surface area (Å²) in [4.78, 5) is 46.2. The van der Waals surface area contributed by atoms with E-state index in [2.05, 4.69) is 4.72 Å². The first-order valence-electron chi connectivity index (χ1n) is 13.9. The highest BCUT2D eigenvalue weighted by molar-refractivity contribution is 7.89. The number of nitrogens with one attached hydrogen (secondary N) is 1. The first-order valence-corrected chi connectivity index (χ1v) is 15.4. The normalized spacial score (nSPS) is 31.5. The molecule has 2 fully saturated rings. The third-order valence-electron chi connectivity index (χ3n) is 7.12. The van der Waals surface area contributed by atoms with Gasteiger partial charge in [0.25, 0.3) is 5.69 Å². The number of carbonyl (C=O) groups is 3. The van der Waals surface area contributed by atoms with Crippen molar-refractivity contribution >= 4 is 33.6 Å². The van der Waals surface area contributed by atoms with Crippen molar-refractivity contribution < 1.29 is 70.4 Å². The van der Waals surface area contributed by atoms with Crippen LogP contribution in [0.25, 0.3) is 0 Å². The molecule has 3 rings (SSSR count). The molecule has 2 saturated heterocycles. The molecule has 0 aliphatic carbocycles. The predicted octanol–water partition coefficient (Wildman–Crippen LogP) is 0.200. The topological polar surface area (TPSA) is 224 Å². The number of carbonyl (C=O) groups excluding carboxylic acids is 3. The second-order valence-electron chi connectivity index (χ2n) is 10.3. The lowest BCUT2D eigenvalue weighted by Crippen LogP contribution is -2.66. The fourth-order valence-corrected chi connectivity index (χ4v) is 6.21. The maximum absolute atomic E-state index is 13.1. The average Bonchev–Trinajstić information content (AvgIpc) is 2.99. The van der Waals surface area contributed by atoms with Crippen molar-refractivity contribution in [3.05, 3.63) is 34.4 Å². The number of esters is 3. The van der Waals surface area contributed by atoms with E-state index in [1.165, 1.54) is 28.3 Å². The molecule has 19 heteroatoms. The lowest BCUT2D eigenvalue weighted by atomic mass is 9.96. The summed E-state index contributed by atoms with van der Waals surface area (Å²) >= 11 is 0. The Bertz CT molecular complexity index is 1340. The van der Waals surface area contributed by atoms with E-state index in [1.54, 1.807) is 0 Å². The van der Waals surface area contributed by atoms with Gasteiger partial charge in [-0.05, 0) is 19.1 Å². The first-order chi connectivity index (χ1) is 21.6. The van der Waals surface area contributed by atoms with Gasteiger partial charge in [0.2, 0.25) is 10.0 Å². The summed E-state index contributed by atoms with van der Waals surface area (Å²) in [6.45, 7) is 4.43. The zero-order chi connectivity index (χ0) is 34.3. The molecule has 1 aromatic rings. The summed E-state index contributed by atoms with van der Waals surface area (Å²) in [5.41, 5.74) is -0.299. The maximum Gasteiger partial charge on any atom is 0.303 e. The predicted molar refractivity (Wildman–Crippen MR) is 151 cm³/mol. The summed E-state index contributed by atoms with van der Waals surface area (Å²) in [6.07, 6.45) is -11.9. The highest BCUT2D eigenvalue weighted by Gasteiger charge is 2.55. The molecular formula is C27H38N2O16S. The largest absolute Gasteiger partial charge is 0.456 e. The standard InChI is InChI=1S/C27H38N2O16S/c1-13-20(41-14(2)30)23(42-15(3)31)25(43-16(4)32)27(40-13)45-21-19(44-26(39-7)24(38-6)22(21)37-5)12-28-46(35,36)18-10-8-17(9-11-18)29(33)34/h8-11,13,19-28H,12H2,1-7H3/t13-,19+,20-,21-,22-,23+,24+,25+,26-,27-/m0/s1. The minimum Gasteiger partial charge on any atom is -0.456 e. The Morgan fingerprint density at radius 2 is 1.33 bits per heavy atom. The van der Waals surface area contributed by atoms with Gasteiger partial charge in [-0.2, -0.15) is 0 Å². The van der Waals surface area contributed by atoms with Crippen LogP contribution in [-0.2, 0) is 67.0 Å². The van der Waals surface area contributed by atoms with Gasteiger partial charge >= 0.3 is 17.9 Å². The fraction of sp³-hybridized carbons (Fsp3) is 0.667. The van der Waals surface area contributed by atoms with Crippen LogP contribution in [0, 0.1) is 10.1 Å². The van der Waals surface area contributed by atoms with E-state index in [1.807, 2.05) is 0 Å². The average molecular weight is 679 g/mol. The van der Waals surface area contributed by atoms with Gasteiger partial charge in [-0.25, -0.2) is 13.1 Å². The number of benzene rings is 1. The molecule has 258 valence electrons. The van der Waals surface area contributed by atoms with Crippen molar-refractivity contribution in [2.75, 3.05) is 27.9 Å². The summed E-state index contributed by atoms with van der Waals surface area (Å²) < 4.78 is 79.9. The molecule has 2 aliphatic heterocycles. The van der Waals surface area contributed by atoms with E-state index in [4.69, 9.17) is 42.6 Å². The number of rotatable bonds is 13. The zero-order valence-electron chi connectivity index (χ0n) is 26.2.